The van der Waals surface area contributed by atoms with E-state index in [9.17, 15) is 9.90 Å². The third kappa shape index (κ3) is 1.64. The Morgan fingerprint density at radius 3 is 2.80 bits per heavy atom. The van der Waals surface area contributed by atoms with Crippen LogP contribution in [0, 0.1) is 28.6 Å². The number of fused-ring (bicyclic) bond motifs is 3. The summed E-state index contributed by atoms with van der Waals surface area (Å²) in [5.74, 6) is 1.89. The molecule has 0 aromatic heterocycles. The average molecular weight is 344 g/mol. The van der Waals surface area contributed by atoms with Crippen LogP contribution in [-0.2, 0) is 9.53 Å². The Hall–Kier alpha value is -0.670. The van der Waals surface area contributed by atoms with Gasteiger partial charge >= 0.3 is 0 Å². The lowest BCUT2D eigenvalue weighted by molar-refractivity contribution is -0.126. The van der Waals surface area contributed by atoms with Crippen molar-refractivity contribution in [2.24, 2.45) is 28.6 Å². The number of hydrogen-bond acceptors (Lipinski definition) is 3. The van der Waals surface area contributed by atoms with Crippen molar-refractivity contribution < 1.29 is 14.6 Å². The molecule has 3 nitrogen and oxygen atoms in total. The van der Waals surface area contributed by atoms with Gasteiger partial charge in [0.1, 0.15) is 5.60 Å². The second-order valence-electron chi connectivity index (χ2n) is 10.2. The van der Waals surface area contributed by atoms with Gasteiger partial charge in [-0.25, -0.2) is 0 Å². The zero-order valence-corrected chi connectivity index (χ0v) is 16.1. The van der Waals surface area contributed by atoms with Gasteiger partial charge in [0, 0.05) is 17.3 Å². The van der Waals surface area contributed by atoms with Crippen LogP contribution in [0.2, 0.25) is 0 Å². The van der Waals surface area contributed by atoms with Crippen molar-refractivity contribution in [1.29, 1.82) is 0 Å². The lowest BCUT2D eigenvalue weighted by atomic mass is 9.44. The molecule has 1 unspecified atom stereocenters. The third-order valence-electron chi connectivity index (χ3n) is 9.56. The minimum atomic E-state index is -0.533. The molecule has 0 aromatic carbocycles. The molecular formula is C22H32O3. The molecule has 5 aliphatic rings. The van der Waals surface area contributed by atoms with Crippen molar-refractivity contribution in [2.45, 2.75) is 89.9 Å². The van der Waals surface area contributed by atoms with E-state index < -0.39 is 5.60 Å². The number of rotatable bonds is 1. The Balaban J connectivity index is 1.62. The van der Waals surface area contributed by atoms with Crippen LogP contribution in [0.15, 0.2) is 11.6 Å². The highest BCUT2D eigenvalue weighted by atomic mass is 16.6. The minimum Gasteiger partial charge on any atom is -0.389 e. The first kappa shape index (κ1) is 16.5. The lowest BCUT2D eigenvalue weighted by Crippen LogP contribution is -2.61. The normalized spacial score (nSPS) is 59.4. The zero-order chi connectivity index (χ0) is 17.8. The van der Waals surface area contributed by atoms with Crippen molar-refractivity contribution in [3.8, 4) is 0 Å². The highest BCUT2D eigenvalue weighted by Crippen LogP contribution is 2.77. The van der Waals surface area contributed by atoms with Crippen LogP contribution in [0.5, 0.6) is 0 Å². The lowest BCUT2D eigenvalue weighted by Gasteiger charge is -2.59. The molecule has 0 bridgehead atoms. The van der Waals surface area contributed by atoms with Crippen LogP contribution < -0.4 is 0 Å². The van der Waals surface area contributed by atoms with Crippen LogP contribution in [0.4, 0.5) is 0 Å². The van der Waals surface area contributed by atoms with Gasteiger partial charge in [0.15, 0.2) is 5.78 Å². The monoisotopic (exact) mass is 344 g/mol. The van der Waals surface area contributed by atoms with E-state index in [4.69, 9.17) is 4.74 Å². The molecule has 3 saturated carbocycles. The fraction of sp³-hybridized carbons (Fsp3) is 0.864. The van der Waals surface area contributed by atoms with Gasteiger partial charge in [-0.2, -0.15) is 0 Å². The van der Waals surface area contributed by atoms with Gasteiger partial charge < -0.3 is 9.84 Å². The molecule has 1 aliphatic heterocycles. The van der Waals surface area contributed by atoms with E-state index >= 15 is 0 Å². The van der Waals surface area contributed by atoms with Gasteiger partial charge in [0.2, 0.25) is 0 Å². The first-order chi connectivity index (χ1) is 11.7. The summed E-state index contributed by atoms with van der Waals surface area (Å²) in [6.07, 6.45) is 8.75. The predicted molar refractivity (Wildman–Crippen MR) is 96.0 cm³/mol. The molecule has 3 heteroatoms. The quantitative estimate of drug-likeness (QED) is 0.731. The van der Waals surface area contributed by atoms with E-state index in [0.29, 0.717) is 30.0 Å². The maximum Gasteiger partial charge on any atom is 0.155 e. The largest absolute Gasteiger partial charge is 0.389 e. The summed E-state index contributed by atoms with van der Waals surface area (Å²) in [4.78, 5) is 12.1. The number of carbonyl (C=O) groups excluding carboxylic acids is 1. The van der Waals surface area contributed by atoms with Crippen LogP contribution in [0.1, 0.15) is 72.6 Å². The average Bonchev–Trinajstić information content (AvgIpc) is 3.22. The number of carbonyl (C=O) groups is 1. The van der Waals surface area contributed by atoms with E-state index in [1.165, 1.54) is 5.57 Å². The highest BCUT2D eigenvalue weighted by molar-refractivity contribution is 5.91. The standard InChI is InChI=1S/C22H32O3/c1-5-21(24)9-7-16-18-13(2)10-14-11-15(23)6-8-19(14,3)22(18)17(25-22)12-20(16,21)4/h11,13,16-18,24H,5-10,12H2,1-4H3/t13-,16-,17+,18-,19-,20-,21-,22?/m0/s1. The summed E-state index contributed by atoms with van der Waals surface area (Å²) in [6.45, 7) is 9.21. The zero-order valence-electron chi connectivity index (χ0n) is 16.1. The fourth-order valence-corrected chi connectivity index (χ4v) is 8.05. The number of hydrogen-bond donors (Lipinski definition) is 1. The summed E-state index contributed by atoms with van der Waals surface area (Å²) in [5.41, 5.74) is 0.752. The van der Waals surface area contributed by atoms with E-state index in [2.05, 4.69) is 27.7 Å². The second kappa shape index (κ2) is 4.59. The highest BCUT2D eigenvalue weighted by Gasteiger charge is 2.81. The van der Waals surface area contributed by atoms with Crippen LogP contribution in [-0.4, -0.2) is 28.2 Å². The first-order valence-electron chi connectivity index (χ1n) is 10.4. The molecule has 4 fully saturated rings. The smallest absolute Gasteiger partial charge is 0.155 e. The number of ether oxygens (including phenoxy) is 1. The predicted octanol–water partition coefficient (Wildman–Crippen LogP) is 4.04. The number of epoxide rings is 1. The summed E-state index contributed by atoms with van der Waals surface area (Å²) < 4.78 is 6.62. The molecule has 4 aliphatic carbocycles. The maximum atomic E-state index is 12.1. The molecule has 8 atom stereocenters. The third-order valence-corrected chi connectivity index (χ3v) is 9.56. The summed E-state index contributed by atoms with van der Waals surface area (Å²) >= 11 is 0. The Bertz CT molecular complexity index is 683. The molecule has 1 saturated heterocycles. The van der Waals surface area contributed by atoms with Gasteiger partial charge in [0.05, 0.1) is 11.7 Å². The molecule has 1 heterocycles. The van der Waals surface area contributed by atoms with Gasteiger partial charge in [-0.1, -0.05) is 33.3 Å². The summed E-state index contributed by atoms with van der Waals surface area (Å²) in [7, 11) is 0. The van der Waals surface area contributed by atoms with Gasteiger partial charge in [0.25, 0.3) is 0 Å². The summed E-state index contributed by atoms with van der Waals surface area (Å²) in [5, 5.41) is 11.4. The Kier molecular flexibility index (Phi) is 3.03. The van der Waals surface area contributed by atoms with Crippen LogP contribution >= 0.6 is 0 Å². The van der Waals surface area contributed by atoms with Gasteiger partial charge in [-0.3, -0.25) is 4.79 Å². The number of aliphatic hydroxyl groups is 1. The van der Waals surface area contributed by atoms with Crippen LogP contribution in [0.25, 0.3) is 0 Å². The minimum absolute atomic E-state index is 0.0204. The molecule has 0 aromatic rings. The van der Waals surface area contributed by atoms with Gasteiger partial charge in [-0.05, 0) is 62.4 Å². The maximum absolute atomic E-state index is 12.1. The Morgan fingerprint density at radius 2 is 2.08 bits per heavy atom. The topological polar surface area (TPSA) is 49.8 Å². The molecule has 1 N–H and O–H groups in total. The molecule has 1 spiro atoms. The Labute approximate surface area is 151 Å². The van der Waals surface area contributed by atoms with Crippen LogP contribution in [0.3, 0.4) is 0 Å². The molecular weight excluding hydrogens is 312 g/mol. The number of ketones is 1. The van der Waals surface area contributed by atoms with E-state index in [-0.39, 0.29) is 22.5 Å². The Morgan fingerprint density at radius 1 is 1.32 bits per heavy atom. The molecule has 0 amide bonds. The molecule has 0 radical (unpaired) electrons. The molecule has 25 heavy (non-hydrogen) atoms. The van der Waals surface area contributed by atoms with E-state index in [1.54, 1.807) is 0 Å². The van der Waals surface area contributed by atoms with Crippen molar-refractivity contribution in [3.63, 3.8) is 0 Å². The van der Waals surface area contributed by atoms with Crippen molar-refractivity contribution in [3.05, 3.63) is 11.6 Å². The first-order valence-corrected chi connectivity index (χ1v) is 10.4. The van der Waals surface area contributed by atoms with E-state index in [0.717, 1.165) is 38.5 Å². The molecule has 138 valence electrons. The second-order valence-corrected chi connectivity index (χ2v) is 10.2. The molecule has 5 rings (SSSR count). The SMILES string of the molecule is CC[C@]1(O)CC[C@H]2[C@@H]3[C@@H](C)CC4=CC(=O)CC[C@]4(C)C34O[C@@H]4C[C@@]21C. The van der Waals surface area contributed by atoms with Crippen molar-refractivity contribution >= 4 is 5.78 Å². The van der Waals surface area contributed by atoms with Gasteiger partial charge in [-0.15, -0.1) is 0 Å². The summed E-state index contributed by atoms with van der Waals surface area (Å²) in [6, 6.07) is 0. The van der Waals surface area contributed by atoms with E-state index in [1.807, 2.05) is 6.08 Å². The van der Waals surface area contributed by atoms with Crippen molar-refractivity contribution in [2.75, 3.05) is 0 Å². The fourth-order valence-electron chi connectivity index (χ4n) is 8.05. The van der Waals surface area contributed by atoms with Crippen molar-refractivity contribution in [1.82, 2.24) is 0 Å².